The number of ether oxygens (including phenoxy) is 1. The van der Waals surface area contributed by atoms with E-state index in [1.165, 1.54) is 26.5 Å². The Labute approximate surface area is 204 Å². The summed E-state index contributed by atoms with van der Waals surface area (Å²) in [4.78, 5) is 27.5. The average molecular weight is 476 g/mol. The van der Waals surface area contributed by atoms with Gasteiger partial charge in [-0.25, -0.2) is 9.69 Å². The summed E-state index contributed by atoms with van der Waals surface area (Å²) < 4.78 is 5.09. The van der Waals surface area contributed by atoms with Crippen molar-refractivity contribution in [1.29, 1.82) is 0 Å². The van der Waals surface area contributed by atoms with Gasteiger partial charge in [0.25, 0.3) is 0 Å². The molecular formula is C27H41NO4S. The maximum Gasteiger partial charge on any atom is 0.416 e. The van der Waals surface area contributed by atoms with Gasteiger partial charge in [-0.3, -0.25) is 4.79 Å². The van der Waals surface area contributed by atoms with E-state index in [0.717, 1.165) is 0 Å². The van der Waals surface area contributed by atoms with Crippen molar-refractivity contribution in [3.05, 3.63) is 40.3 Å². The predicted octanol–water partition coefficient (Wildman–Crippen LogP) is 6.66. The molecule has 0 unspecified atom stereocenters. The van der Waals surface area contributed by atoms with E-state index in [2.05, 4.69) is 53.7 Å². The number of aliphatic hydroxyl groups excluding tert-OH is 1. The summed E-state index contributed by atoms with van der Waals surface area (Å²) in [5, 5.41) is 12.6. The fraction of sp³-hybridized carbons (Fsp3) is 0.630. The number of thioether (sulfide) groups is 1. The highest BCUT2D eigenvalue weighted by Gasteiger charge is 2.42. The minimum absolute atomic E-state index is 0.0913. The van der Waals surface area contributed by atoms with E-state index >= 15 is 0 Å². The van der Waals surface area contributed by atoms with Crippen LogP contribution < -0.4 is 0 Å². The largest absolute Gasteiger partial charge is 0.447 e. The van der Waals surface area contributed by atoms with Crippen molar-refractivity contribution in [2.75, 3.05) is 6.61 Å². The van der Waals surface area contributed by atoms with E-state index in [1.807, 2.05) is 19.3 Å². The Kier molecular flexibility index (Phi) is 9.62. The number of carbonyl (C=O) groups is 2. The third kappa shape index (κ3) is 6.42. The number of aliphatic hydroxyl groups is 1. The molecule has 0 spiro atoms. The first kappa shape index (κ1) is 27.5. The minimum atomic E-state index is -0.994. The van der Waals surface area contributed by atoms with Gasteiger partial charge in [-0.1, -0.05) is 86.2 Å². The lowest BCUT2D eigenvalue weighted by atomic mass is 9.89. The molecule has 2 amide bonds. The maximum absolute atomic E-state index is 13.0. The van der Waals surface area contributed by atoms with Crippen LogP contribution in [0, 0.1) is 11.8 Å². The summed E-state index contributed by atoms with van der Waals surface area (Å²) >= 11 is 1.59. The van der Waals surface area contributed by atoms with E-state index in [-0.39, 0.29) is 18.6 Å². The number of cyclic esters (lactones) is 1. The van der Waals surface area contributed by atoms with Crippen LogP contribution in [0.3, 0.4) is 0 Å². The second kappa shape index (κ2) is 11.6. The highest BCUT2D eigenvalue weighted by molar-refractivity contribution is 8.02. The van der Waals surface area contributed by atoms with Crippen LogP contribution in [0.1, 0.15) is 96.8 Å². The molecule has 0 bridgehead atoms. The van der Waals surface area contributed by atoms with Crippen LogP contribution in [0.4, 0.5) is 4.79 Å². The highest BCUT2D eigenvalue weighted by atomic mass is 32.2. The van der Waals surface area contributed by atoms with Crippen molar-refractivity contribution in [2.45, 2.75) is 97.1 Å². The van der Waals surface area contributed by atoms with E-state index in [9.17, 15) is 14.7 Å². The van der Waals surface area contributed by atoms with E-state index in [1.54, 1.807) is 24.8 Å². The predicted molar refractivity (Wildman–Crippen MR) is 136 cm³/mol. The monoisotopic (exact) mass is 475 g/mol. The van der Waals surface area contributed by atoms with Crippen LogP contribution in [0.2, 0.25) is 0 Å². The number of carbonyl (C=O) groups excluding carboxylic acids is 2. The maximum atomic E-state index is 13.0. The summed E-state index contributed by atoms with van der Waals surface area (Å²) in [5.74, 6) is 0.147. The SMILES string of the molecule is CC(C)c1cc(C(C)C)c(S/C=C/[C@H](O)[C@@H](C)C(=O)N2C(=O)OC[C@@H]2C(C)C)c(C(C)C)c1. The molecule has 1 aromatic carbocycles. The molecule has 1 saturated heterocycles. The Hall–Kier alpha value is -1.79. The Morgan fingerprint density at radius 1 is 1.03 bits per heavy atom. The van der Waals surface area contributed by atoms with Gasteiger partial charge in [0.1, 0.15) is 6.61 Å². The standard InChI is InChI=1S/C27H41NO4S/c1-15(2)20-12-21(16(3)4)25(22(13-20)17(5)6)33-11-10-24(29)19(9)26(30)28-23(18(7)8)14-32-27(28)31/h10-13,15-19,23-24,29H,14H2,1-9H3/b11-10+/t19-,23-,24+/m1/s1. The molecule has 33 heavy (non-hydrogen) atoms. The fourth-order valence-electron chi connectivity index (χ4n) is 3.93. The van der Waals surface area contributed by atoms with E-state index in [0.29, 0.717) is 17.8 Å². The van der Waals surface area contributed by atoms with Crippen molar-refractivity contribution in [3.8, 4) is 0 Å². The molecule has 6 heteroatoms. The van der Waals surface area contributed by atoms with Crippen molar-refractivity contribution >= 4 is 23.8 Å². The number of hydrogen-bond acceptors (Lipinski definition) is 5. The van der Waals surface area contributed by atoms with Gasteiger partial charge in [-0.2, -0.15) is 0 Å². The van der Waals surface area contributed by atoms with Crippen molar-refractivity contribution in [1.82, 2.24) is 4.90 Å². The van der Waals surface area contributed by atoms with Crippen molar-refractivity contribution < 1.29 is 19.4 Å². The van der Waals surface area contributed by atoms with Gasteiger partial charge in [0.2, 0.25) is 5.91 Å². The quantitative estimate of drug-likeness (QED) is 0.404. The zero-order valence-electron chi connectivity index (χ0n) is 21.6. The van der Waals surface area contributed by atoms with Crippen LogP contribution in [-0.4, -0.2) is 40.8 Å². The Balaban J connectivity index is 2.23. The van der Waals surface area contributed by atoms with Crippen LogP contribution in [0.5, 0.6) is 0 Å². The first-order chi connectivity index (χ1) is 15.4. The number of benzene rings is 1. The normalized spacial score (nSPS) is 18.8. The average Bonchev–Trinajstić information content (AvgIpc) is 3.13. The lowest BCUT2D eigenvalue weighted by Gasteiger charge is -2.26. The molecule has 0 aliphatic carbocycles. The third-order valence-corrected chi connectivity index (χ3v) is 7.36. The molecular weight excluding hydrogens is 434 g/mol. The Morgan fingerprint density at radius 3 is 2.03 bits per heavy atom. The number of nitrogens with zero attached hydrogens (tertiary/aromatic N) is 1. The van der Waals surface area contributed by atoms with Crippen molar-refractivity contribution in [2.24, 2.45) is 11.8 Å². The Morgan fingerprint density at radius 2 is 1.58 bits per heavy atom. The molecule has 0 aromatic heterocycles. The fourth-order valence-corrected chi connectivity index (χ4v) is 5.16. The first-order valence-corrected chi connectivity index (χ1v) is 12.9. The molecule has 1 N–H and O–H groups in total. The molecule has 0 radical (unpaired) electrons. The molecule has 0 saturated carbocycles. The second-order valence-corrected chi connectivity index (χ2v) is 11.2. The second-order valence-electron chi connectivity index (χ2n) is 10.3. The van der Waals surface area contributed by atoms with Gasteiger partial charge in [-0.05, 0) is 51.8 Å². The molecule has 1 aliphatic rings. The molecule has 1 heterocycles. The van der Waals surface area contributed by atoms with Gasteiger partial charge in [0, 0.05) is 4.90 Å². The molecule has 1 aromatic rings. The number of amides is 2. The lowest BCUT2D eigenvalue weighted by molar-refractivity contribution is -0.136. The summed E-state index contributed by atoms with van der Waals surface area (Å²) in [6, 6.07) is 4.30. The minimum Gasteiger partial charge on any atom is -0.447 e. The molecule has 5 nitrogen and oxygen atoms in total. The number of imide groups is 1. The van der Waals surface area contributed by atoms with Gasteiger partial charge in [-0.15, -0.1) is 0 Å². The lowest BCUT2D eigenvalue weighted by Crippen LogP contribution is -2.46. The molecule has 2 rings (SSSR count). The first-order valence-electron chi connectivity index (χ1n) is 12.1. The van der Waals surface area contributed by atoms with Crippen LogP contribution >= 0.6 is 11.8 Å². The number of rotatable bonds is 9. The van der Waals surface area contributed by atoms with Crippen LogP contribution in [0.15, 0.2) is 28.5 Å². The zero-order valence-corrected chi connectivity index (χ0v) is 22.4. The van der Waals surface area contributed by atoms with Crippen molar-refractivity contribution in [3.63, 3.8) is 0 Å². The summed E-state index contributed by atoms with van der Waals surface area (Å²) in [6.45, 7) is 19.0. The summed E-state index contributed by atoms with van der Waals surface area (Å²) in [5.41, 5.74) is 3.95. The van der Waals surface area contributed by atoms with Crippen LogP contribution in [-0.2, 0) is 9.53 Å². The molecule has 184 valence electrons. The topological polar surface area (TPSA) is 66.8 Å². The summed E-state index contributed by atoms with van der Waals surface area (Å²) in [6.07, 6.45) is 0.0412. The Bertz CT molecular complexity index is 846. The van der Waals surface area contributed by atoms with E-state index < -0.39 is 24.0 Å². The molecule has 1 aliphatic heterocycles. The van der Waals surface area contributed by atoms with Gasteiger partial charge in [0.15, 0.2) is 0 Å². The highest BCUT2D eigenvalue weighted by Crippen LogP contribution is 2.39. The van der Waals surface area contributed by atoms with Gasteiger partial charge >= 0.3 is 6.09 Å². The summed E-state index contributed by atoms with van der Waals surface area (Å²) in [7, 11) is 0. The zero-order chi connectivity index (χ0) is 25.0. The van der Waals surface area contributed by atoms with Gasteiger partial charge < -0.3 is 9.84 Å². The molecule has 1 fully saturated rings. The number of hydrogen-bond donors (Lipinski definition) is 1. The van der Waals surface area contributed by atoms with E-state index in [4.69, 9.17) is 4.74 Å². The smallest absolute Gasteiger partial charge is 0.416 e. The van der Waals surface area contributed by atoms with Crippen LogP contribution in [0.25, 0.3) is 0 Å². The third-order valence-electron chi connectivity index (χ3n) is 6.36. The molecule has 3 atom stereocenters. The van der Waals surface area contributed by atoms with Gasteiger partial charge in [0.05, 0.1) is 18.1 Å².